The van der Waals surface area contributed by atoms with Gasteiger partial charge in [0, 0.05) is 21.8 Å². The average molecular weight is 339 g/mol. The summed E-state index contributed by atoms with van der Waals surface area (Å²) in [4.78, 5) is 3.18. The van der Waals surface area contributed by atoms with Crippen LogP contribution in [-0.4, -0.2) is 18.0 Å². The monoisotopic (exact) mass is 339 g/mol. The molecule has 2 N–H and O–H groups in total. The van der Waals surface area contributed by atoms with Crippen LogP contribution in [0.1, 0.15) is 5.56 Å². The average Bonchev–Trinajstić information content (AvgIpc) is 2.96. The van der Waals surface area contributed by atoms with Crippen molar-refractivity contribution in [3.8, 4) is 0 Å². The van der Waals surface area contributed by atoms with Gasteiger partial charge < -0.3 is 4.98 Å². The van der Waals surface area contributed by atoms with Crippen molar-refractivity contribution >= 4 is 31.9 Å². The first kappa shape index (κ1) is 16.2. The summed E-state index contributed by atoms with van der Waals surface area (Å²) in [6.07, 6.45) is 0. The fraction of sp³-hybridized carbons (Fsp3) is 0.0526. The molecule has 0 bridgehead atoms. The largest absolute Gasteiger partial charge is 0.354 e. The molecule has 1 aromatic heterocycles. The summed E-state index contributed by atoms with van der Waals surface area (Å²) in [6.45, 7) is 1.81. The molecule has 4 aromatic rings. The molecule has 0 amide bonds. The van der Waals surface area contributed by atoms with Gasteiger partial charge >= 0.3 is 0 Å². The third kappa shape index (κ3) is 3.32. The predicted molar refractivity (Wildman–Crippen MR) is 96.8 cm³/mol. The van der Waals surface area contributed by atoms with Crippen LogP contribution in [0.25, 0.3) is 21.8 Å². The lowest BCUT2D eigenvalue weighted by Crippen LogP contribution is -1.98. The maximum Gasteiger partial charge on any atom is 0.294 e. The van der Waals surface area contributed by atoms with Gasteiger partial charge in [-0.05, 0) is 30.7 Å². The lowest BCUT2D eigenvalue weighted by Gasteiger charge is -2.01. The van der Waals surface area contributed by atoms with Crippen molar-refractivity contribution in [2.45, 2.75) is 11.8 Å². The van der Waals surface area contributed by atoms with Gasteiger partial charge in [0.15, 0.2) is 0 Å². The summed E-state index contributed by atoms with van der Waals surface area (Å²) in [5.41, 5.74) is 2.63. The molecule has 4 nitrogen and oxygen atoms in total. The maximum atomic E-state index is 11.2. The molecule has 0 radical (unpaired) electrons. The SMILES string of the molecule is Cc1cc(S(=O)(=O)O)cc2c1[nH]c1ccccc12.c1ccccc1. The Hall–Kier alpha value is -2.63. The molecule has 24 heavy (non-hydrogen) atoms. The van der Waals surface area contributed by atoms with Crippen LogP contribution in [0.2, 0.25) is 0 Å². The van der Waals surface area contributed by atoms with Crippen molar-refractivity contribution in [2.75, 3.05) is 0 Å². The fourth-order valence-corrected chi connectivity index (χ4v) is 3.22. The number of aromatic nitrogens is 1. The van der Waals surface area contributed by atoms with Crippen LogP contribution < -0.4 is 0 Å². The van der Waals surface area contributed by atoms with E-state index >= 15 is 0 Å². The van der Waals surface area contributed by atoms with E-state index in [-0.39, 0.29) is 4.90 Å². The van der Waals surface area contributed by atoms with E-state index in [1.807, 2.05) is 67.6 Å². The molecule has 4 rings (SSSR count). The molecule has 122 valence electrons. The highest BCUT2D eigenvalue weighted by molar-refractivity contribution is 7.85. The standard InChI is InChI=1S/C13H11NO3S.C6H6/c1-8-6-9(18(15,16)17)7-11-10-4-2-3-5-12(10)14-13(8)11;1-2-4-6-5-3-1/h2-7,14H,1H3,(H,15,16,17);1-6H. The number of aromatic amines is 1. The zero-order valence-electron chi connectivity index (χ0n) is 13.1. The molecule has 0 aliphatic rings. The number of fused-ring (bicyclic) bond motifs is 3. The van der Waals surface area contributed by atoms with E-state index in [1.165, 1.54) is 12.1 Å². The molecule has 0 spiro atoms. The Kier molecular flexibility index (Phi) is 4.38. The lowest BCUT2D eigenvalue weighted by molar-refractivity contribution is 0.483. The Morgan fingerprint density at radius 2 is 1.42 bits per heavy atom. The van der Waals surface area contributed by atoms with Crippen molar-refractivity contribution in [1.82, 2.24) is 4.98 Å². The van der Waals surface area contributed by atoms with Gasteiger partial charge in [-0.3, -0.25) is 4.55 Å². The molecule has 0 fully saturated rings. The summed E-state index contributed by atoms with van der Waals surface area (Å²) in [5, 5.41) is 1.75. The van der Waals surface area contributed by atoms with Crippen molar-refractivity contribution in [1.29, 1.82) is 0 Å². The van der Waals surface area contributed by atoms with Crippen LogP contribution in [0.4, 0.5) is 0 Å². The van der Waals surface area contributed by atoms with E-state index in [9.17, 15) is 8.42 Å². The number of hydrogen-bond acceptors (Lipinski definition) is 2. The second-order valence-corrected chi connectivity index (χ2v) is 6.88. The minimum absolute atomic E-state index is 0.0720. The van der Waals surface area contributed by atoms with E-state index in [0.717, 1.165) is 27.4 Å². The Labute approximate surface area is 140 Å². The Morgan fingerprint density at radius 1 is 0.833 bits per heavy atom. The Bertz CT molecular complexity index is 1060. The summed E-state index contributed by atoms with van der Waals surface area (Å²) in [7, 11) is -4.18. The number of rotatable bonds is 1. The highest BCUT2D eigenvalue weighted by Crippen LogP contribution is 2.29. The van der Waals surface area contributed by atoms with Crippen LogP contribution in [-0.2, 0) is 10.1 Å². The first-order valence-electron chi connectivity index (χ1n) is 7.45. The van der Waals surface area contributed by atoms with Gasteiger partial charge in [0.1, 0.15) is 0 Å². The minimum Gasteiger partial charge on any atom is -0.354 e. The molecule has 0 saturated heterocycles. The third-order valence-electron chi connectivity index (χ3n) is 3.75. The Morgan fingerprint density at radius 3 is 2.00 bits per heavy atom. The number of aryl methyl sites for hydroxylation is 1. The topological polar surface area (TPSA) is 70.2 Å². The van der Waals surface area contributed by atoms with Crippen LogP contribution in [0.15, 0.2) is 77.7 Å². The molecule has 5 heteroatoms. The van der Waals surface area contributed by atoms with Gasteiger partial charge in [-0.1, -0.05) is 54.6 Å². The predicted octanol–water partition coefficient (Wildman–Crippen LogP) is 4.56. The molecular formula is C19H17NO3S. The first-order chi connectivity index (χ1) is 11.5. The zero-order valence-corrected chi connectivity index (χ0v) is 13.9. The van der Waals surface area contributed by atoms with E-state index in [0.29, 0.717) is 0 Å². The Balaban J connectivity index is 0.000000238. The van der Waals surface area contributed by atoms with Crippen molar-refractivity contribution < 1.29 is 13.0 Å². The summed E-state index contributed by atoms with van der Waals surface area (Å²) < 4.78 is 31.6. The molecule has 0 saturated carbocycles. The van der Waals surface area contributed by atoms with Crippen LogP contribution in [0, 0.1) is 6.92 Å². The smallest absolute Gasteiger partial charge is 0.294 e. The van der Waals surface area contributed by atoms with E-state index in [1.54, 1.807) is 0 Å². The van der Waals surface area contributed by atoms with Gasteiger partial charge in [0.25, 0.3) is 10.1 Å². The van der Waals surface area contributed by atoms with E-state index in [4.69, 9.17) is 4.55 Å². The van der Waals surface area contributed by atoms with Crippen molar-refractivity contribution in [3.05, 3.63) is 78.4 Å². The summed E-state index contributed by atoms with van der Waals surface area (Å²) >= 11 is 0. The molecule has 0 unspecified atom stereocenters. The molecule has 0 aliphatic carbocycles. The highest BCUT2D eigenvalue weighted by Gasteiger charge is 2.14. The molecule has 0 atom stereocenters. The van der Waals surface area contributed by atoms with Gasteiger partial charge in [0.05, 0.1) is 4.90 Å². The van der Waals surface area contributed by atoms with Crippen LogP contribution in [0.5, 0.6) is 0 Å². The van der Waals surface area contributed by atoms with Gasteiger partial charge in [0.2, 0.25) is 0 Å². The number of nitrogens with one attached hydrogen (secondary N) is 1. The number of benzene rings is 3. The molecular weight excluding hydrogens is 322 g/mol. The van der Waals surface area contributed by atoms with Gasteiger partial charge in [-0.25, -0.2) is 0 Å². The highest BCUT2D eigenvalue weighted by atomic mass is 32.2. The van der Waals surface area contributed by atoms with Crippen LogP contribution in [0.3, 0.4) is 0 Å². The second-order valence-electron chi connectivity index (χ2n) is 5.46. The molecule has 0 aliphatic heterocycles. The zero-order chi connectivity index (χ0) is 17.2. The lowest BCUT2D eigenvalue weighted by atomic mass is 10.1. The first-order valence-corrected chi connectivity index (χ1v) is 8.89. The number of H-pyrrole nitrogens is 1. The van der Waals surface area contributed by atoms with Crippen molar-refractivity contribution in [2.24, 2.45) is 0 Å². The van der Waals surface area contributed by atoms with Crippen molar-refractivity contribution in [3.63, 3.8) is 0 Å². The van der Waals surface area contributed by atoms with Gasteiger partial charge in [-0.15, -0.1) is 0 Å². The number of para-hydroxylation sites is 1. The van der Waals surface area contributed by atoms with E-state index < -0.39 is 10.1 Å². The van der Waals surface area contributed by atoms with E-state index in [2.05, 4.69) is 4.98 Å². The minimum atomic E-state index is -4.18. The molecule has 1 heterocycles. The maximum absolute atomic E-state index is 11.2. The number of hydrogen-bond donors (Lipinski definition) is 2. The summed E-state index contributed by atoms with van der Waals surface area (Å²) in [6, 6.07) is 22.6. The normalized spacial score (nSPS) is 11.2. The fourth-order valence-electron chi connectivity index (χ4n) is 2.63. The second kappa shape index (κ2) is 6.47. The van der Waals surface area contributed by atoms with Crippen LogP contribution >= 0.6 is 0 Å². The third-order valence-corrected chi connectivity index (χ3v) is 4.58. The van der Waals surface area contributed by atoms with Gasteiger partial charge in [-0.2, -0.15) is 8.42 Å². The summed E-state index contributed by atoms with van der Waals surface area (Å²) in [5.74, 6) is 0. The molecule has 3 aromatic carbocycles. The quantitative estimate of drug-likeness (QED) is 0.499.